The molecule has 0 aromatic carbocycles. The molecule has 0 unspecified atom stereocenters. The molecule has 168 valence electrons. The van der Waals surface area contributed by atoms with Crippen LogP contribution in [0.4, 0.5) is 0 Å². The van der Waals surface area contributed by atoms with Gasteiger partial charge in [0.25, 0.3) is 11.8 Å². The number of hydrogen-bond donors (Lipinski definition) is 2. The Hall–Kier alpha value is -2.91. The lowest BCUT2D eigenvalue weighted by molar-refractivity contribution is -0.141. The second kappa shape index (κ2) is 10.6. The van der Waals surface area contributed by atoms with E-state index in [1.165, 1.54) is 33.8 Å². The molecular weight excluding hydrogens is 446 g/mol. The van der Waals surface area contributed by atoms with E-state index in [1.807, 2.05) is 17.5 Å². The third kappa shape index (κ3) is 5.46. The van der Waals surface area contributed by atoms with Gasteiger partial charge < -0.3 is 20.0 Å². The van der Waals surface area contributed by atoms with Crippen LogP contribution in [0.5, 0.6) is 0 Å². The Morgan fingerprint density at radius 2 is 1.84 bits per heavy atom. The van der Waals surface area contributed by atoms with Crippen molar-refractivity contribution < 1.29 is 18.8 Å². The second-order valence-electron chi connectivity index (χ2n) is 7.67. The Bertz CT molecular complexity index is 1010. The first-order chi connectivity index (χ1) is 15.6. The average Bonchev–Trinajstić information content (AvgIpc) is 3.59. The Balaban J connectivity index is 1.55. The minimum absolute atomic E-state index is 0.109. The monoisotopic (exact) mass is 471 g/mol. The lowest BCUT2D eigenvalue weighted by atomic mass is 10.1. The van der Waals surface area contributed by atoms with E-state index < -0.39 is 6.04 Å². The number of thiophene rings is 2. The predicted molar refractivity (Wildman–Crippen MR) is 123 cm³/mol. The van der Waals surface area contributed by atoms with Gasteiger partial charge in [0.1, 0.15) is 5.76 Å². The number of amides is 3. The molecule has 0 spiro atoms. The van der Waals surface area contributed by atoms with Gasteiger partial charge in [0, 0.05) is 10.9 Å². The molecule has 2 N–H and O–H groups in total. The van der Waals surface area contributed by atoms with Crippen LogP contribution in [0.3, 0.4) is 0 Å². The van der Waals surface area contributed by atoms with Gasteiger partial charge in [-0.1, -0.05) is 25.0 Å². The molecule has 3 amide bonds. The normalized spacial score (nSPS) is 14.8. The van der Waals surface area contributed by atoms with Crippen molar-refractivity contribution in [2.45, 2.75) is 44.3 Å². The van der Waals surface area contributed by atoms with E-state index in [-0.39, 0.29) is 36.9 Å². The van der Waals surface area contributed by atoms with Crippen molar-refractivity contribution in [1.82, 2.24) is 15.5 Å². The van der Waals surface area contributed by atoms with Gasteiger partial charge in [-0.3, -0.25) is 14.4 Å². The molecule has 3 aromatic heterocycles. The van der Waals surface area contributed by atoms with Crippen molar-refractivity contribution in [2.24, 2.45) is 0 Å². The molecule has 4 rings (SSSR count). The van der Waals surface area contributed by atoms with Crippen molar-refractivity contribution >= 4 is 40.4 Å². The molecular formula is C23H25N3O4S2. The third-order valence-electron chi connectivity index (χ3n) is 5.45. The maximum atomic E-state index is 13.3. The minimum atomic E-state index is -0.918. The zero-order valence-electron chi connectivity index (χ0n) is 17.5. The summed E-state index contributed by atoms with van der Waals surface area (Å²) in [5.74, 6) is -0.531. The van der Waals surface area contributed by atoms with Crippen molar-refractivity contribution in [3.05, 3.63) is 68.9 Å². The fourth-order valence-corrected chi connectivity index (χ4v) is 5.21. The Morgan fingerprint density at radius 1 is 1.06 bits per heavy atom. The summed E-state index contributed by atoms with van der Waals surface area (Å²) in [7, 11) is 0. The lowest BCUT2D eigenvalue weighted by Crippen LogP contribution is -2.48. The van der Waals surface area contributed by atoms with E-state index >= 15 is 0 Å². The van der Waals surface area contributed by atoms with Gasteiger partial charge in [-0.2, -0.15) is 0 Å². The van der Waals surface area contributed by atoms with E-state index in [0.29, 0.717) is 10.6 Å². The van der Waals surface area contributed by atoms with Crippen LogP contribution in [-0.4, -0.2) is 35.2 Å². The van der Waals surface area contributed by atoms with Crippen LogP contribution in [0, 0.1) is 0 Å². The SMILES string of the molecule is O=C(NCC(=O)N(Cc1cccs1)[C@H](C(=O)NC1CCCC1)c1ccco1)c1cccs1. The number of furan rings is 1. The molecule has 1 aliphatic rings. The summed E-state index contributed by atoms with van der Waals surface area (Å²) < 4.78 is 5.58. The fraction of sp³-hybridized carbons (Fsp3) is 0.348. The fourth-order valence-electron chi connectivity index (χ4n) is 3.87. The molecule has 3 aromatic rings. The summed E-state index contributed by atoms with van der Waals surface area (Å²) in [5, 5.41) is 9.51. The highest BCUT2D eigenvalue weighted by atomic mass is 32.1. The number of rotatable bonds is 9. The van der Waals surface area contributed by atoms with Gasteiger partial charge >= 0.3 is 0 Å². The minimum Gasteiger partial charge on any atom is -0.467 e. The molecule has 0 bridgehead atoms. The van der Waals surface area contributed by atoms with Crippen LogP contribution in [0.15, 0.2) is 57.8 Å². The van der Waals surface area contributed by atoms with E-state index in [4.69, 9.17) is 4.42 Å². The Labute approximate surface area is 194 Å². The first-order valence-corrected chi connectivity index (χ1v) is 12.3. The molecule has 1 atom stereocenters. The number of carbonyl (C=O) groups is 3. The second-order valence-corrected chi connectivity index (χ2v) is 9.65. The van der Waals surface area contributed by atoms with E-state index in [9.17, 15) is 14.4 Å². The Morgan fingerprint density at radius 3 is 2.50 bits per heavy atom. The van der Waals surface area contributed by atoms with Crippen LogP contribution in [0.25, 0.3) is 0 Å². The van der Waals surface area contributed by atoms with Gasteiger partial charge in [-0.15, -0.1) is 22.7 Å². The molecule has 32 heavy (non-hydrogen) atoms. The molecule has 3 heterocycles. The van der Waals surface area contributed by atoms with Gasteiger partial charge in [0.15, 0.2) is 6.04 Å². The average molecular weight is 472 g/mol. The third-order valence-corrected chi connectivity index (χ3v) is 7.18. The molecule has 1 aliphatic carbocycles. The molecule has 1 fully saturated rings. The number of nitrogens with zero attached hydrogens (tertiary/aromatic N) is 1. The molecule has 0 saturated heterocycles. The lowest BCUT2D eigenvalue weighted by Gasteiger charge is -2.30. The molecule has 7 nitrogen and oxygen atoms in total. The number of nitrogens with one attached hydrogen (secondary N) is 2. The van der Waals surface area contributed by atoms with E-state index in [1.54, 1.807) is 29.6 Å². The number of carbonyl (C=O) groups excluding carboxylic acids is 3. The van der Waals surface area contributed by atoms with Gasteiger partial charge in [0.05, 0.1) is 24.2 Å². The van der Waals surface area contributed by atoms with Crippen molar-refractivity contribution in [1.29, 1.82) is 0 Å². The molecule has 0 aliphatic heterocycles. The van der Waals surface area contributed by atoms with E-state index in [2.05, 4.69) is 10.6 Å². The van der Waals surface area contributed by atoms with Crippen molar-refractivity contribution in [3.8, 4) is 0 Å². The summed E-state index contributed by atoms with van der Waals surface area (Å²) in [6.45, 7) is 0.0326. The first kappa shape index (κ1) is 22.3. The van der Waals surface area contributed by atoms with Crippen molar-refractivity contribution in [3.63, 3.8) is 0 Å². The largest absolute Gasteiger partial charge is 0.467 e. The summed E-state index contributed by atoms with van der Waals surface area (Å²) in [6.07, 6.45) is 5.54. The molecule has 1 saturated carbocycles. The van der Waals surface area contributed by atoms with Crippen LogP contribution < -0.4 is 10.6 Å². The van der Waals surface area contributed by atoms with Crippen LogP contribution in [0.1, 0.15) is 52.0 Å². The zero-order chi connectivity index (χ0) is 22.3. The van der Waals surface area contributed by atoms with Crippen molar-refractivity contribution in [2.75, 3.05) is 6.54 Å². The smallest absolute Gasteiger partial charge is 0.261 e. The highest BCUT2D eigenvalue weighted by Crippen LogP contribution is 2.27. The van der Waals surface area contributed by atoms with Crippen LogP contribution in [0.2, 0.25) is 0 Å². The highest BCUT2D eigenvalue weighted by Gasteiger charge is 2.35. The topological polar surface area (TPSA) is 91.7 Å². The summed E-state index contributed by atoms with van der Waals surface area (Å²) >= 11 is 2.82. The van der Waals surface area contributed by atoms with Gasteiger partial charge in [-0.25, -0.2) is 0 Å². The standard InChI is InChI=1S/C23H25N3O4S2/c27-20(14-24-22(28)19-10-5-13-32-19)26(15-17-8-4-12-31-17)21(18-9-3-11-30-18)23(29)25-16-6-1-2-7-16/h3-5,8-13,16,21H,1-2,6-7,14-15H2,(H,24,28)(H,25,29)/t21-/m0/s1. The maximum absolute atomic E-state index is 13.3. The van der Waals surface area contributed by atoms with Gasteiger partial charge in [-0.05, 0) is 47.9 Å². The summed E-state index contributed by atoms with van der Waals surface area (Å²) in [5.41, 5.74) is 0. The Kier molecular flexibility index (Phi) is 7.39. The zero-order valence-corrected chi connectivity index (χ0v) is 19.1. The van der Waals surface area contributed by atoms with Crippen LogP contribution >= 0.6 is 22.7 Å². The number of hydrogen-bond acceptors (Lipinski definition) is 6. The first-order valence-electron chi connectivity index (χ1n) is 10.6. The highest BCUT2D eigenvalue weighted by molar-refractivity contribution is 7.12. The summed E-state index contributed by atoms with van der Waals surface area (Å²) in [4.78, 5) is 42.0. The molecule has 9 heteroatoms. The quantitative estimate of drug-likeness (QED) is 0.494. The van der Waals surface area contributed by atoms with E-state index in [0.717, 1.165) is 30.6 Å². The van der Waals surface area contributed by atoms with Crippen LogP contribution in [-0.2, 0) is 16.1 Å². The molecule has 0 radical (unpaired) electrons. The van der Waals surface area contributed by atoms with Gasteiger partial charge in [0.2, 0.25) is 5.91 Å². The predicted octanol–water partition coefficient (Wildman–Crippen LogP) is 3.96. The maximum Gasteiger partial charge on any atom is 0.261 e. The summed E-state index contributed by atoms with van der Waals surface area (Å²) in [6, 6.07) is 9.91.